The van der Waals surface area contributed by atoms with E-state index < -0.39 is 150 Å². The highest BCUT2D eigenvalue weighted by Crippen LogP contribution is 2.36. The van der Waals surface area contributed by atoms with Gasteiger partial charge in [-0.25, -0.2) is 83.4 Å². The van der Waals surface area contributed by atoms with Crippen molar-refractivity contribution >= 4 is 28.0 Å². The molecule has 0 radical (unpaired) electrons. The van der Waals surface area contributed by atoms with Crippen LogP contribution in [-0.4, -0.2) is 6.15 Å². The number of halogens is 19. The van der Waals surface area contributed by atoms with Crippen LogP contribution in [-0.2, 0) is 12.8 Å². The lowest BCUT2D eigenvalue weighted by molar-refractivity contribution is 0.379. The van der Waals surface area contributed by atoms with Crippen LogP contribution in [0.4, 0.5) is 83.4 Å². The van der Waals surface area contributed by atoms with Crippen molar-refractivity contribution in [3.8, 4) is 11.1 Å². The maximum atomic E-state index is 16.5. The summed E-state index contributed by atoms with van der Waals surface area (Å²) in [6.45, 7) is 0. The van der Waals surface area contributed by atoms with E-state index in [0.29, 0.717) is 17.5 Å². The van der Waals surface area contributed by atoms with E-state index in [-0.39, 0.29) is 6.42 Å². The Morgan fingerprint density at radius 3 is 0.788 bits per heavy atom. The van der Waals surface area contributed by atoms with Gasteiger partial charge in [0.05, 0.1) is 5.56 Å². The molecule has 6 rings (SSSR count). The van der Waals surface area contributed by atoms with Crippen molar-refractivity contribution in [3.63, 3.8) is 0 Å². The van der Waals surface area contributed by atoms with Crippen molar-refractivity contribution in [2.45, 2.75) is 12.8 Å². The third-order valence-corrected chi connectivity index (χ3v) is 8.92. The number of hydrogen-bond acceptors (Lipinski definition) is 0. The highest BCUT2D eigenvalue weighted by Gasteiger charge is 2.52. The molecule has 272 valence electrons. The number of benzene rings is 5. The molecule has 0 aliphatic heterocycles. The summed E-state index contributed by atoms with van der Waals surface area (Å²) in [7, 11) is 0. The van der Waals surface area contributed by atoms with Crippen LogP contribution >= 0.6 is 0 Å². The SMILES string of the molecule is Fc1c(F)c(F)c([B-](c2c(F)c(F)c(F)c(F)c2F)(c2c(F)c(F)c(F)c(F)c2F)c2c(F)c(F)c(-c3ccc4c(c3)CC4)c(F)c2F)c(F)c1F. The standard InChI is InChI=1S/C32H7BF19/c34-14-9(8-4-2-6-1-3-7(6)5-8)15(35)17(37)10(16(14)36)33(11-18(38)24(44)30(50)25(45)19(11)39,12-20(40)26(46)31(51)27(47)21(12)41)13-22(42)28(48)32(52)29(49)23(13)43/h2,4-5H,1,3H2/q-1. The van der Waals surface area contributed by atoms with Gasteiger partial charge in [-0.15, -0.1) is 21.9 Å². The number of rotatable bonds is 5. The molecule has 1 aliphatic carbocycles. The van der Waals surface area contributed by atoms with Gasteiger partial charge in [-0.3, -0.25) is 0 Å². The lowest BCUT2D eigenvalue weighted by Crippen LogP contribution is -2.81. The summed E-state index contributed by atoms with van der Waals surface area (Å²) >= 11 is 0. The average Bonchev–Trinajstić information content (AvgIpc) is 3.10. The lowest BCUT2D eigenvalue weighted by atomic mass is 9.12. The minimum atomic E-state index is -7.13. The fraction of sp³-hybridized carbons (Fsp3) is 0.0625. The smallest absolute Gasteiger partial charge is 0.200 e. The Hall–Kier alpha value is -5.17. The number of fused-ring (bicyclic) bond motifs is 1. The zero-order valence-corrected chi connectivity index (χ0v) is 24.4. The first-order chi connectivity index (χ1) is 24.2. The Morgan fingerprint density at radius 2 is 0.538 bits per heavy atom. The van der Waals surface area contributed by atoms with Gasteiger partial charge in [0, 0.05) is 0 Å². The first-order valence-electron chi connectivity index (χ1n) is 13.9. The second kappa shape index (κ2) is 12.2. The normalized spacial score (nSPS) is 12.8. The highest BCUT2D eigenvalue weighted by atomic mass is 19.2. The third-order valence-electron chi connectivity index (χ3n) is 8.92. The fourth-order valence-corrected chi connectivity index (χ4v) is 6.51. The molecular formula is C32H7BF19-. The second-order valence-corrected chi connectivity index (χ2v) is 11.3. The van der Waals surface area contributed by atoms with Crippen LogP contribution in [0, 0.1) is 111 Å². The largest absolute Gasteiger partial charge is 0.207 e. The van der Waals surface area contributed by atoms with Gasteiger partial charge in [0.1, 0.15) is 52.7 Å². The van der Waals surface area contributed by atoms with Gasteiger partial charge in [0.2, 0.25) is 0 Å². The summed E-state index contributed by atoms with van der Waals surface area (Å²) in [4.78, 5) is 0. The Bertz CT molecular complexity index is 2140. The molecule has 0 nitrogen and oxygen atoms in total. The molecule has 0 saturated heterocycles. The number of aryl methyl sites for hydroxylation is 2. The van der Waals surface area contributed by atoms with E-state index in [2.05, 4.69) is 0 Å². The molecule has 0 N–H and O–H groups in total. The molecule has 52 heavy (non-hydrogen) atoms. The first kappa shape index (κ1) is 36.6. The second-order valence-electron chi connectivity index (χ2n) is 11.3. The quantitative estimate of drug-likeness (QED) is 0.0755. The zero-order valence-electron chi connectivity index (χ0n) is 24.4. The molecule has 0 atom stereocenters. The van der Waals surface area contributed by atoms with Crippen LogP contribution in [0.2, 0.25) is 0 Å². The maximum Gasteiger partial charge on any atom is 0.200 e. The number of hydrogen-bond donors (Lipinski definition) is 0. The van der Waals surface area contributed by atoms with Gasteiger partial charge >= 0.3 is 0 Å². The van der Waals surface area contributed by atoms with E-state index >= 15 is 43.9 Å². The Morgan fingerprint density at radius 1 is 0.288 bits per heavy atom. The Labute approximate surface area is 275 Å². The van der Waals surface area contributed by atoms with Crippen molar-refractivity contribution in [3.05, 3.63) is 140 Å². The summed E-state index contributed by atoms with van der Waals surface area (Å²) in [5.41, 5.74) is -15.6. The van der Waals surface area contributed by atoms with Crippen LogP contribution in [0.25, 0.3) is 11.1 Å². The average molecular weight is 763 g/mol. The van der Waals surface area contributed by atoms with Gasteiger partial charge in [0.25, 0.3) is 0 Å². The zero-order chi connectivity index (χ0) is 38.6. The maximum absolute atomic E-state index is 16.5. The van der Waals surface area contributed by atoms with Crippen molar-refractivity contribution in [2.75, 3.05) is 0 Å². The van der Waals surface area contributed by atoms with E-state index in [9.17, 15) is 39.5 Å². The van der Waals surface area contributed by atoms with Crippen molar-refractivity contribution in [1.82, 2.24) is 0 Å². The Balaban J connectivity index is 2.03. The lowest BCUT2D eigenvalue weighted by Gasteiger charge is -2.45. The molecule has 0 fully saturated rings. The van der Waals surface area contributed by atoms with Gasteiger partial charge in [-0.1, -0.05) is 18.2 Å². The molecule has 0 aromatic heterocycles. The van der Waals surface area contributed by atoms with E-state index in [4.69, 9.17) is 0 Å². The molecule has 5 aromatic carbocycles. The van der Waals surface area contributed by atoms with Crippen LogP contribution in [0.3, 0.4) is 0 Å². The van der Waals surface area contributed by atoms with E-state index in [1.54, 1.807) is 0 Å². The summed E-state index contributed by atoms with van der Waals surface area (Å²) < 4.78 is 291. The first-order valence-corrected chi connectivity index (χ1v) is 13.9. The van der Waals surface area contributed by atoms with Gasteiger partial charge in [-0.2, -0.15) is 0 Å². The highest BCUT2D eigenvalue weighted by molar-refractivity contribution is 7.20. The van der Waals surface area contributed by atoms with E-state index in [1.165, 1.54) is 0 Å². The predicted octanol–water partition coefficient (Wildman–Crippen LogP) is 7.47. The minimum absolute atomic E-state index is 0.211. The summed E-state index contributed by atoms with van der Waals surface area (Å²) in [5, 5.41) is 0. The third kappa shape index (κ3) is 4.60. The summed E-state index contributed by atoms with van der Waals surface area (Å²) in [5.74, 6) is -64.9. The molecule has 0 spiro atoms. The summed E-state index contributed by atoms with van der Waals surface area (Å²) in [6.07, 6.45) is -6.51. The van der Waals surface area contributed by atoms with Gasteiger partial charge in [0.15, 0.2) is 64.0 Å². The molecule has 0 unspecified atom stereocenters. The predicted molar refractivity (Wildman–Crippen MR) is 142 cm³/mol. The van der Waals surface area contributed by atoms with Crippen LogP contribution in [0.15, 0.2) is 18.2 Å². The van der Waals surface area contributed by atoms with Crippen LogP contribution in [0.5, 0.6) is 0 Å². The van der Waals surface area contributed by atoms with E-state index in [1.807, 2.05) is 0 Å². The minimum Gasteiger partial charge on any atom is -0.207 e. The topological polar surface area (TPSA) is 0 Å². The molecular weight excluding hydrogens is 756 g/mol. The van der Waals surface area contributed by atoms with Crippen LogP contribution in [0.1, 0.15) is 11.1 Å². The molecule has 1 aliphatic rings. The van der Waals surface area contributed by atoms with E-state index in [0.717, 1.165) is 18.2 Å². The molecule has 20 heteroatoms. The van der Waals surface area contributed by atoms with Crippen molar-refractivity contribution < 1.29 is 83.4 Å². The fourth-order valence-electron chi connectivity index (χ4n) is 6.51. The van der Waals surface area contributed by atoms with Crippen LogP contribution < -0.4 is 21.9 Å². The Kier molecular flexibility index (Phi) is 8.61. The van der Waals surface area contributed by atoms with Gasteiger partial charge < -0.3 is 0 Å². The monoisotopic (exact) mass is 763 g/mol. The van der Waals surface area contributed by atoms with Crippen molar-refractivity contribution in [2.24, 2.45) is 0 Å². The molecule has 0 saturated carbocycles. The molecule has 0 bridgehead atoms. The molecule has 0 heterocycles. The molecule has 0 amide bonds. The van der Waals surface area contributed by atoms with Crippen molar-refractivity contribution in [1.29, 1.82) is 0 Å². The van der Waals surface area contributed by atoms with Gasteiger partial charge in [-0.05, 0) is 29.5 Å². The summed E-state index contributed by atoms with van der Waals surface area (Å²) in [6, 6.07) is 2.85. The molecule has 5 aromatic rings.